The summed E-state index contributed by atoms with van der Waals surface area (Å²) in [5, 5.41) is 3.09. The molecule has 0 fully saturated rings. The van der Waals surface area contributed by atoms with E-state index < -0.39 is 0 Å². The minimum atomic E-state index is -0.250. The van der Waals surface area contributed by atoms with Gasteiger partial charge in [0.2, 0.25) is 0 Å². The fraction of sp³-hybridized carbons (Fsp3) is 0.111. The van der Waals surface area contributed by atoms with Gasteiger partial charge in [-0.05, 0) is 56.4 Å². The minimum Gasteiger partial charge on any atom is -0.320 e. The first-order valence-electron chi connectivity index (χ1n) is 6.77. The predicted molar refractivity (Wildman–Crippen MR) is 93.9 cm³/mol. The van der Waals surface area contributed by atoms with Crippen molar-refractivity contribution in [3.05, 3.63) is 80.8 Å². The zero-order chi connectivity index (χ0) is 15.0. The van der Waals surface area contributed by atoms with Crippen molar-refractivity contribution in [3.63, 3.8) is 0 Å². The second-order valence-electron chi connectivity index (χ2n) is 5.14. The summed E-state index contributed by atoms with van der Waals surface area (Å²) in [6.45, 7) is 2.11. The van der Waals surface area contributed by atoms with E-state index in [2.05, 4.69) is 53.2 Å². The molecule has 0 aromatic heterocycles. The number of benzene rings is 3. The molecule has 3 rings (SSSR count). The van der Waals surface area contributed by atoms with Crippen LogP contribution >= 0.6 is 27.5 Å². The maximum absolute atomic E-state index is 6.50. The van der Waals surface area contributed by atoms with Gasteiger partial charge >= 0.3 is 0 Å². The zero-order valence-corrected chi connectivity index (χ0v) is 13.9. The molecule has 0 aliphatic rings. The molecule has 0 heterocycles. The molecule has 0 radical (unpaired) electrons. The number of hydrogen-bond donors (Lipinski definition) is 1. The van der Waals surface area contributed by atoms with Crippen molar-refractivity contribution in [1.29, 1.82) is 0 Å². The van der Waals surface area contributed by atoms with Gasteiger partial charge in [-0.15, -0.1) is 0 Å². The van der Waals surface area contributed by atoms with Crippen LogP contribution in [0, 0.1) is 6.92 Å². The third-order valence-electron chi connectivity index (χ3n) is 3.83. The highest BCUT2D eigenvalue weighted by molar-refractivity contribution is 9.10. The molecule has 0 bridgehead atoms. The van der Waals surface area contributed by atoms with Crippen LogP contribution in [0.3, 0.4) is 0 Å². The first kappa shape index (κ1) is 14.6. The van der Waals surface area contributed by atoms with E-state index in [9.17, 15) is 0 Å². The molecule has 2 N–H and O–H groups in total. The van der Waals surface area contributed by atoms with Gasteiger partial charge in [-0.25, -0.2) is 0 Å². The Bertz CT molecular complexity index is 813. The molecule has 21 heavy (non-hydrogen) atoms. The summed E-state index contributed by atoms with van der Waals surface area (Å²) in [4.78, 5) is 0. The summed E-state index contributed by atoms with van der Waals surface area (Å²) in [6, 6.07) is 18.2. The van der Waals surface area contributed by atoms with Gasteiger partial charge in [0.25, 0.3) is 0 Å². The molecule has 106 valence electrons. The van der Waals surface area contributed by atoms with E-state index >= 15 is 0 Å². The smallest absolute Gasteiger partial charge is 0.0599 e. The van der Waals surface area contributed by atoms with Crippen molar-refractivity contribution in [2.45, 2.75) is 13.0 Å². The summed E-state index contributed by atoms with van der Waals surface area (Å²) in [5.41, 5.74) is 9.77. The van der Waals surface area contributed by atoms with Crippen molar-refractivity contribution in [2.75, 3.05) is 0 Å². The van der Waals surface area contributed by atoms with Crippen LogP contribution in [0.4, 0.5) is 0 Å². The van der Waals surface area contributed by atoms with Crippen LogP contribution in [0.1, 0.15) is 22.7 Å². The molecule has 0 spiro atoms. The zero-order valence-electron chi connectivity index (χ0n) is 11.6. The van der Waals surface area contributed by atoms with Crippen molar-refractivity contribution in [2.24, 2.45) is 5.73 Å². The minimum absolute atomic E-state index is 0.250. The molecule has 3 heteroatoms. The number of fused-ring (bicyclic) bond motifs is 1. The molecular formula is C18H15BrClN. The number of hydrogen-bond acceptors (Lipinski definition) is 1. The van der Waals surface area contributed by atoms with Gasteiger partial charge < -0.3 is 5.73 Å². The second-order valence-corrected chi connectivity index (χ2v) is 6.37. The monoisotopic (exact) mass is 359 g/mol. The van der Waals surface area contributed by atoms with Crippen LogP contribution in [0.15, 0.2) is 59.1 Å². The number of aryl methyl sites for hydroxylation is 1. The molecular weight excluding hydrogens is 346 g/mol. The maximum Gasteiger partial charge on any atom is 0.0599 e. The molecule has 0 saturated carbocycles. The van der Waals surface area contributed by atoms with E-state index in [0.717, 1.165) is 15.6 Å². The molecule has 0 aliphatic carbocycles. The van der Waals surface area contributed by atoms with Crippen molar-refractivity contribution in [1.82, 2.24) is 0 Å². The van der Waals surface area contributed by atoms with Gasteiger partial charge in [0.15, 0.2) is 0 Å². The third-order valence-corrected chi connectivity index (χ3v) is 5.14. The summed E-state index contributed by atoms with van der Waals surface area (Å²) in [5.74, 6) is 0. The molecule has 3 aromatic carbocycles. The van der Waals surface area contributed by atoms with Crippen LogP contribution < -0.4 is 5.73 Å². The van der Waals surface area contributed by atoms with Crippen LogP contribution in [-0.4, -0.2) is 0 Å². The van der Waals surface area contributed by atoms with Crippen LogP contribution in [0.25, 0.3) is 10.8 Å². The summed E-state index contributed by atoms with van der Waals surface area (Å²) < 4.78 is 0.869. The Morgan fingerprint density at radius 3 is 2.38 bits per heavy atom. The van der Waals surface area contributed by atoms with Gasteiger partial charge in [-0.1, -0.05) is 60.1 Å². The van der Waals surface area contributed by atoms with E-state index in [1.54, 1.807) is 0 Å². The normalized spacial score (nSPS) is 12.6. The molecule has 0 saturated heterocycles. The topological polar surface area (TPSA) is 26.0 Å². The van der Waals surface area contributed by atoms with E-state index in [4.69, 9.17) is 17.3 Å². The lowest BCUT2D eigenvalue weighted by Crippen LogP contribution is -2.13. The van der Waals surface area contributed by atoms with Crippen molar-refractivity contribution in [3.8, 4) is 0 Å². The molecule has 0 aliphatic heterocycles. The number of nitrogens with two attached hydrogens (primary N) is 1. The van der Waals surface area contributed by atoms with Crippen LogP contribution in [-0.2, 0) is 0 Å². The van der Waals surface area contributed by atoms with Gasteiger partial charge in [0.05, 0.1) is 11.1 Å². The van der Waals surface area contributed by atoms with Crippen LogP contribution in [0.5, 0.6) is 0 Å². The molecule has 1 unspecified atom stereocenters. The van der Waals surface area contributed by atoms with Crippen LogP contribution in [0.2, 0.25) is 5.02 Å². The first-order chi connectivity index (χ1) is 10.1. The van der Waals surface area contributed by atoms with E-state index in [1.165, 1.54) is 16.3 Å². The Hall–Kier alpha value is -1.35. The second kappa shape index (κ2) is 5.80. The Morgan fingerprint density at radius 1 is 0.905 bits per heavy atom. The Balaban J connectivity index is 2.21. The lowest BCUT2D eigenvalue weighted by atomic mass is 9.92. The highest BCUT2D eigenvalue weighted by atomic mass is 79.9. The Labute approximate surface area is 137 Å². The van der Waals surface area contributed by atoms with Gasteiger partial charge in [0.1, 0.15) is 0 Å². The number of rotatable bonds is 2. The van der Waals surface area contributed by atoms with E-state index in [0.29, 0.717) is 5.02 Å². The average molecular weight is 361 g/mol. The maximum atomic E-state index is 6.50. The van der Waals surface area contributed by atoms with Gasteiger partial charge in [-0.3, -0.25) is 0 Å². The highest BCUT2D eigenvalue weighted by Crippen LogP contribution is 2.35. The lowest BCUT2D eigenvalue weighted by molar-refractivity contribution is 0.879. The summed E-state index contributed by atoms with van der Waals surface area (Å²) >= 11 is 9.85. The number of halogens is 2. The quantitative estimate of drug-likeness (QED) is 0.631. The van der Waals surface area contributed by atoms with E-state index in [1.807, 2.05) is 24.3 Å². The summed E-state index contributed by atoms with van der Waals surface area (Å²) in [6.07, 6.45) is 0. The van der Waals surface area contributed by atoms with Crippen molar-refractivity contribution >= 4 is 38.3 Å². The average Bonchev–Trinajstić information content (AvgIpc) is 2.50. The standard InChI is InChI=1S/C18H15BrClN/c1-11-9-10-14(13-6-3-2-5-12(11)13)18(21)15-7-4-8-16(19)17(15)20/h2-10,18H,21H2,1H3. The largest absolute Gasteiger partial charge is 0.320 e. The fourth-order valence-electron chi connectivity index (χ4n) is 2.67. The Morgan fingerprint density at radius 2 is 1.62 bits per heavy atom. The third kappa shape index (κ3) is 2.59. The highest BCUT2D eigenvalue weighted by Gasteiger charge is 2.16. The first-order valence-corrected chi connectivity index (χ1v) is 7.94. The summed E-state index contributed by atoms with van der Waals surface area (Å²) in [7, 11) is 0. The Kier molecular flexibility index (Phi) is 4.03. The van der Waals surface area contributed by atoms with Crippen molar-refractivity contribution < 1.29 is 0 Å². The molecule has 1 atom stereocenters. The fourth-order valence-corrected chi connectivity index (χ4v) is 3.30. The SMILES string of the molecule is Cc1ccc(C(N)c2cccc(Br)c2Cl)c2ccccc12. The predicted octanol–water partition coefficient (Wildman–Crippen LogP) is 5.61. The van der Waals surface area contributed by atoms with Gasteiger partial charge in [0, 0.05) is 4.47 Å². The molecule has 1 nitrogen and oxygen atoms in total. The van der Waals surface area contributed by atoms with Gasteiger partial charge in [-0.2, -0.15) is 0 Å². The lowest BCUT2D eigenvalue weighted by Gasteiger charge is -2.18. The molecule has 0 amide bonds. The molecule has 3 aromatic rings. The van der Waals surface area contributed by atoms with E-state index in [-0.39, 0.29) is 6.04 Å².